The minimum atomic E-state index is -0.884. The monoisotopic (exact) mass is 441 g/mol. The maximum atomic E-state index is 12.9. The summed E-state index contributed by atoms with van der Waals surface area (Å²) in [5.74, 6) is -1.38. The summed E-state index contributed by atoms with van der Waals surface area (Å²) >= 11 is 0. The number of fused-ring (bicyclic) bond motifs is 1. The maximum Gasteiger partial charge on any atom is 0.329 e. The van der Waals surface area contributed by atoms with E-state index in [1.807, 2.05) is 0 Å². The Labute approximate surface area is 184 Å². The molecule has 2 aromatic rings. The van der Waals surface area contributed by atoms with Crippen LogP contribution in [-0.2, 0) is 19.1 Å². The Hall–Kier alpha value is -3.82. The molecule has 1 N–H and O–H groups in total. The molecule has 0 saturated carbocycles. The fourth-order valence-electron chi connectivity index (χ4n) is 3.87. The first kappa shape index (κ1) is 21.4. The molecule has 1 saturated heterocycles. The molecule has 10 nitrogen and oxygen atoms in total. The number of hydrogen-bond donors (Lipinski definition) is 1. The van der Waals surface area contributed by atoms with Crippen LogP contribution in [0, 0.1) is 0 Å². The molecule has 2 atom stereocenters. The molecule has 0 bridgehead atoms. The average molecular weight is 441 g/mol. The zero-order valence-corrected chi connectivity index (χ0v) is 17.5. The third kappa shape index (κ3) is 4.16. The predicted molar refractivity (Wildman–Crippen MR) is 111 cm³/mol. The second-order valence-corrected chi connectivity index (χ2v) is 7.43. The van der Waals surface area contributed by atoms with Crippen LogP contribution >= 0.6 is 0 Å². The lowest BCUT2D eigenvalue weighted by atomic mass is 10.1. The number of hydrogen-bond acceptors (Lipinski definition) is 7. The van der Waals surface area contributed by atoms with Crippen molar-refractivity contribution in [2.45, 2.75) is 25.0 Å². The van der Waals surface area contributed by atoms with Crippen LogP contribution < -0.4 is 15.0 Å². The van der Waals surface area contributed by atoms with Crippen LogP contribution in [-0.4, -0.2) is 67.5 Å². The van der Waals surface area contributed by atoms with Crippen LogP contribution in [0.3, 0.4) is 0 Å². The smallest absolute Gasteiger partial charge is 0.329 e. The molecule has 0 radical (unpaired) electrons. The summed E-state index contributed by atoms with van der Waals surface area (Å²) in [6.07, 6.45) is 1.59. The summed E-state index contributed by atoms with van der Waals surface area (Å²) in [4.78, 5) is 53.0. The molecule has 2 aliphatic rings. The van der Waals surface area contributed by atoms with Crippen molar-refractivity contribution in [3.05, 3.63) is 48.4 Å². The number of para-hydroxylation sites is 2. The number of rotatable bonds is 5. The standard InChI is InChI=1S/C22H23N3O7/c1-23-20(27)18-12-25(14-6-2-3-8-16(14)32-18)19(26)13-31-22(29)15-7-4-10-24(15)21(28)17-9-5-11-30-17/h2-3,5-6,8-9,11,15,18H,4,7,10,12-13H2,1H3,(H,23,27)/t15-,18?/m0/s1. The minimum Gasteiger partial charge on any atom is -0.477 e. The van der Waals surface area contributed by atoms with E-state index in [2.05, 4.69) is 5.32 Å². The van der Waals surface area contributed by atoms with Gasteiger partial charge in [0.2, 0.25) is 0 Å². The zero-order chi connectivity index (χ0) is 22.7. The summed E-state index contributed by atoms with van der Waals surface area (Å²) in [5, 5.41) is 2.51. The summed E-state index contributed by atoms with van der Waals surface area (Å²) in [5.41, 5.74) is 0.490. The first-order valence-corrected chi connectivity index (χ1v) is 10.3. The average Bonchev–Trinajstić information content (AvgIpc) is 3.53. The molecule has 168 valence electrons. The fraction of sp³-hybridized carbons (Fsp3) is 0.364. The molecule has 1 aromatic heterocycles. The molecular formula is C22H23N3O7. The lowest BCUT2D eigenvalue weighted by Crippen LogP contribution is -2.51. The lowest BCUT2D eigenvalue weighted by Gasteiger charge is -2.34. The van der Waals surface area contributed by atoms with Gasteiger partial charge in [0.25, 0.3) is 17.7 Å². The van der Waals surface area contributed by atoms with E-state index in [1.54, 1.807) is 30.3 Å². The minimum absolute atomic E-state index is 0.0143. The summed E-state index contributed by atoms with van der Waals surface area (Å²) in [6, 6.07) is 9.18. The van der Waals surface area contributed by atoms with Crippen LogP contribution in [0.5, 0.6) is 5.75 Å². The molecule has 3 heterocycles. The highest BCUT2D eigenvalue weighted by molar-refractivity contribution is 5.99. The fourth-order valence-corrected chi connectivity index (χ4v) is 3.87. The second-order valence-electron chi connectivity index (χ2n) is 7.43. The molecular weight excluding hydrogens is 418 g/mol. The molecule has 0 spiro atoms. The highest BCUT2D eigenvalue weighted by Gasteiger charge is 2.38. The summed E-state index contributed by atoms with van der Waals surface area (Å²) in [6.45, 7) is -0.135. The number of anilines is 1. The first-order valence-electron chi connectivity index (χ1n) is 10.3. The molecule has 10 heteroatoms. The van der Waals surface area contributed by atoms with Crippen molar-refractivity contribution >= 4 is 29.4 Å². The molecule has 1 fully saturated rings. The Balaban J connectivity index is 1.42. The van der Waals surface area contributed by atoms with Gasteiger partial charge in [0.15, 0.2) is 18.5 Å². The third-order valence-electron chi connectivity index (χ3n) is 5.47. The van der Waals surface area contributed by atoms with E-state index >= 15 is 0 Å². The maximum absolute atomic E-state index is 12.9. The van der Waals surface area contributed by atoms with Gasteiger partial charge in [0.05, 0.1) is 18.5 Å². The van der Waals surface area contributed by atoms with Crippen molar-refractivity contribution < 1.29 is 33.1 Å². The molecule has 1 aromatic carbocycles. The summed E-state index contributed by atoms with van der Waals surface area (Å²) < 4.78 is 16.1. The quantitative estimate of drug-likeness (QED) is 0.687. The van der Waals surface area contributed by atoms with E-state index in [4.69, 9.17) is 13.9 Å². The van der Waals surface area contributed by atoms with E-state index in [1.165, 1.54) is 29.2 Å². The predicted octanol–water partition coefficient (Wildman–Crippen LogP) is 0.968. The van der Waals surface area contributed by atoms with Gasteiger partial charge in [0, 0.05) is 13.6 Å². The number of carbonyl (C=O) groups excluding carboxylic acids is 4. The number of esters is 1. The molecule has 4 rings (SSSR count). The van der Waals surface area contributed by atoms with Crippen molar-refractivity contribution in [1.29, 1.82) is 0 Å². The number of furan rings is 1. The van der Waals surface area contributed by atoms with Crippen molar-refractivity contribution in [3.8, 4) is 5.75 Å². The van der Waals surface area contributed by atoms with Gasteiger partial charge in [-0.15, -0.1) is 0 Å². The molecule has 32 heavy (non-hydrogen) atoms. The number of benzene rings is 1. The lowest BCUT2D eigenvalue weighted by molar-refractivity contribution is -0.151. The van der Waals surface area contributed by atoms with Gasteiger partial charge in [-0.25, -0.2) is 4.79 Å². The molecule has 2 aliphatic heterocycles. The Kier molecular flexibility index (Phi) is 6.11. The molecule has 1 unspecified atom stereocenters. The van der Waals surface area contributed by atoms with E-state index in [9.17, 15) is 19.2 Å². The Morgan fingerprint density at radius 1 is 1.16 bits per heavy atom. The Bertz CT molecular complexity index is 1020. The number of likely N-dealkylation sites (N-methyl/N-ethyl adjacent to an activating group) is 1. The Morgan fingerprint density at radius 2 is 1.97 bits per heavy atom. The van der Waals surface area contributed by atoms with Crippen molar-refractivity contribution in [3.63, 3.8) is 0 Å². The van der Waals surface area contributed by atoms with E-state index < -0.39 is 36.5 Å². The van der Waals surface area contributed by atoms with Crippen molar-refractivity contribution in [2.75, 3.05) is 31.6 Å². The third-order valence-corrected chi connectivity index (χ3v) is 5.47. The Morgan fingerprint density at radius 3 is 2.72 bits per heavy atom. The van der Waals surface area contributed by atoms with Gasteiger partial charge >= 0.3 is 5.97 Å². The second kappa shape index (κ2) is 9.13. The topological polar surface area (TPSA) is 118 Å². The summed E-state index contributed by atoms with van der Waals surface area (Å²) in [7, 11) is 1.48. The van der Waals surface area contributed by atoms with Crippen LogP contribution in [0.1, 0.15) is 23.4 Å². The van der Waals surface area contributed by atoms with Gasteiger partial charge in [0.1, 0.15) is 11.8 Å². The molecule has 0 aliphatic carbocycles. The van der Waals surface area contributed by atoms with Crippen molar-refractivity contribution in [2.24, 2.45) is 0 Å². The highest BCUT2D eigenvalue weighted by atomic mass is 16.5. The van der Waals surface area contributed by atoms with E-state index in [-0.39, 0.29) is 18.2 Å². The van der Waals surface area contributed by atoms with E-state index in [0.717, 1.165) is 0 Å². The van der Waals surface area contributed by atoms with Gasteiger partial charge in [-0.3, -0.25) is 14.4 Å². The number of ether oxygens (including phenoxy) is 2. The SMILES string of the molecule is CNC(=O)C1CN(C(=O)COC(=O)[C@@H]2CCCN2C(=O)c2ccco2)c2ccccc2O1. The number of likely N-dealkylation sites (tertiary alicyclic amines) is 1. The van der Waals surface area contributed by atoms with Crippen LogP contribution in [0.4, 0.5) is 5.69 Å². The first-order chi connectivity index (χ1) is 15.5. The van der Waals surface area contributed by atoms with Gasteiger partial charge < -0.3 is 29.0 Å². The van der Waals surface area contributed by atoms with Crippen LogP contribution in [0.2, 0.25) is 0 Å². The van der Waals surface area contributed by atoms with Gasteiger partial charge in [-0.2, -0.15) is 0 Å². The van der Waals surface area contributed by atoms with Crippen LogP contribution in [0.25, 0.3) is 0 Å². The normalized spacial score (nSPS) is 19.7. The molecule has 3 amide bonds. The van der Waals surface area contributed by atoms with Gasteiger partial charge in [-0.1, -0.05) is 12.1 Å². The highest BCUT2D eigenvalue weighted by Crippen LogP contribution is 2.33. The largest absolute Gasteiger partial charge is 0.477 e. The number of carbonyl (C=O) groups is 4. The van der Waals surface area contributed by atoms with E-state index in [0.29, 0.717) is 30.8 Å². The number of nitrogens with zero attached hydrogens (tertiary/aromatic N) is 2. The van der Waals surface area contributed by atoms with Crippen molar-refractivity contribution in [1.82, 2.24) is 10.2 Å². The van der Waals surface area contributed by atoms with Gasteiger partial charge in [-0.05, 0) is 37.1 Å². The zero-order valence-electron chi connectivity index (χ0n) is 17.5. The number of nitrogens with one attached hydrogen (secondary N) is 1. The number of amides is 3. The van der Waals surface area contributed by atoms with Crippen LogP contribution in [0.15, 0.2) is 47.1 Å².